The van der Waals surface area contributed by atoms with Crippen LogP contribution in [0, 0.1) is 6.92 Å². The van der Waals surface area contributed by atoms with Crippen molar-refractivity contribution in [1.82, 2.24) is 30.0 Å². The van der Waals surface area contributed by atoms with Crippen molar-refractivity contribution < 1.29 is 4.79 Å². The molecule has 1 aliphatic rings. The highest BCUT2D eigenvalue weighted by Crippen LogP contribution is 2.28. The van der Waals surface area contributed by atoms with E-state index in [-0.39, 0.29) is 11.9 Å². The highest BCUT2D eigenvalue weighted by molar-refractivity contribution is 5.92. The van der Waals surface area contributed by atoms with Gasteiger partial charge in [0.25, 0.3) is 5.91 Å². The molecule has 3 aromatic heterocycles. The molecule has 1 N–H and O–H groups in total. The molecule has 0 fully saturated rings. The Hall–Kier alpha value is -3.09. The number of hydrogen-bond acceptors (Lipinski definition) is 5. The summed E-state index contributed by atoms with van der Waals surface area (Å²) in [5.74, 6) is 1.17. The summed E-state index contributed by atoms with van der Waals surface area (Å²) in [7, 11) is 0. The van der Waals surface area contributed by atoms with Crippen molar-refractivity contribution in [2.24, 2.45) is 0 Å². The minimum Gasteiger partial charge on any atom is -0.344 e. The smallest absolute Gasteiger partial charge is 0.270 e. The summed E-state index contributed by atoms with van der Waals surface area (Å²) in [5, 5.41) is 7.22. The fraction of sp³-hybridized carbons (Fsp3) is 0.278. The molecule has 0 spiro atoms. The summed E-state index contributed by atoms with van der Waals surface area (Å²) in [4.78, 5) is 25.9. The molecule has 7 heteroatoms. The lowest BCUT2D eigenvalue weighted by molar-refractivity contribution is 0.0927. The highest BCUT2D eigenvalue weighted by atomic mass is 16.1. The molecule has 0 aliphatic heterocycles. The Bertz CT molecular complexity index is 906. The van der Waals surface area contributed by atoms with Gasteiger partial charge in [0.1, 0.15) is 11.5 Å². The van der Waals surface area contributed by atoms with Gasteiger partial charge in [-0.2, -0.15) is 5.10 Å². The van der Waals surface area contributed by atoms with Crippen LogP contribution in [0.15, 0.2) is 42.9 Å². The Morgan fingerprint density at radius 2 is 2.20 bits per heavy atom. The molecule has 3 heterocycles. The summed E-state index contributed by atoms with van der Waals surface area (Å²) in [6, 6.07) is 7.07. The van der Waals surface area contributed by atoms with Crippen LogP contribution in [0.3, 0.4) is 0 Å². The molecule has 7 nitrogen and oxygen atoms in total. The van der Waals surface area contributed by atoms with E-state index in [2.05, 4.69) is 25.4 Å². The van der Waals surface area contributed by atoms with Crippen molar-refractivity contribution in [3.05, 3.63) is 65.6 Å². The average Bonchev–Trinajstić information content (AvgIpc) is 3.16. The van der Waals surface area contributed by atoms with Crippen LogP contribution in [0.1, 0.15) is 46.5 Å². The Morgan fingerprint density at radius 3 is 3.04 bits per heavy atom. The van der Waals surface area contributed by atoms with E-state index in [1.807, 2.05) is 25.3 Å². The number of aromatic nitrogens is 5. The Morgan fingerprint density at radius 1 is 1.28 bits per heavy atom. The Kier molecular flexibility index (Phi) is 3.97. The zero-order chi connectivity index (χ0) is 17.2. The first-order valence-electron chi connectivity index (χ1n) is 8.31. The Labute approximate surface area is 145 Å². The molecule has 1 atom stereocenters. The number of nitrogens with zero attached hydrogens (tertiary/aromatic N) is 5. The highest BCUT2D eigenvalue weighted by Gasteiger charge is 2.24. The predicted octanol–water partition coefficient (Wildman–Crippen LogP) is 2.17. The zero-order valence-corrected chi connectivity index (χ0v) is 13.9. The van der Waals surface area contributed by atoms with E-state index in [4.69, 9.17) is 0 Å². The van der Waals surface area contributed by atoms with Gasteiger partial charge in [0.05, 0.1) is 6.04 Å². The van der Waals surface area contributed by atoms with Crippen molar-refractivity contribution >= 4 is 5.91 Å². The van der Waals surface area contributed by atoms with Gasteiger partial charge in [-0.1, -0.05) is 6.07 Å². The van der Waals surface area contributed by atoms with Crippen molar-refractivity contribution in [3.8, 4) is 5.82 Å². The van der Waals surface area contributed by atoms with Crippen molar-refractivity contribution in [2.45, 2.75) is 32.2 Å². The summed E-state index contributed by atoms with van der Waals surface area (Å²) >= 11 is 0. The number of hydrogen-bond donors (Lipinski definition) is 1. The second-order valence-electron chi connectivity index (χ2n) is 6.07. The minimum atomic E-state index is -0.201. The van der Waals surface area contributed by atoms with Crippen molar-refractivity contribution in [3.63, 3.8) is 0 Å². The molecule has 25 heavy (non-hydrogen) atoms. The normalized spacial score (nSPS) is 16.3. The number of carbonyl (C=O) groups is 1. The van der Waals surface area contributed by atoms with E-state index in [9.17, 15) is 4.79 Å². The van der Waals surface area contributed by atoms with Crippen LogP contribution in [-0.2, 0) is 6.42 Å². The molecule has 0 aromatic carbocycles. The van der Waals surface area contributed by atoms with Crippen LogP contribution in [0.4, 0.5) is 0 Å². The molecule has 0 saturated carbocycles. The lowest BCUT2D eigenvalue weighted by Gasteiger charge is -2.25. The lowest BCUT2D eigenvalue weighted by atomic mass is 9.92. The maximum absolute atomic E-state index is 12.7. The number of carbonyl (C=O) groups excluding carboxylic acids is 1. The third kappa shape index (κ3) is 3.13. The van der Waals surface area contributed by atoms with Crippen LogP contribution < -0.4 is 5.32 Å². The monoisotopic (exact) mass is 334 g/mol. The van der Waals surface area contributed by atoms with Gasteiger partial charge in [-0.15, -0.1) is 0 Å². The molecule has 3 aromatic rings. The first kappa shape index (κ1) is 15.4. The van der Waals surface area contributed by atoms with Crippen LogP contribution in [0.25, 0.3) is 5.82 Å². The summed E-state index contributed by atoms with van der Waals surface area (Å²) < 4.78 is 1.63. The van der Waals surface area contributed by atoms with Gasteiger partial charge in [0.15, 0.2) is 5.82 Å². The predicted molar refractivity (Wildman–Crippen MR) is 91.3 cm³/mol. The first-order chi connectivity index (χ1) is 12.2. The van der Waals surface area contributed by atoms with Crippen LogP contribution in [0.5, 0.6) is 0 Å². The molecule has 0 bridgehead atoms. The molecule has 126 valence electrons. The standard InChI is InChI=1S/C18H18N6O/c1-12-19-11-13-14(21-12)5-2-6-15(13)23-18(25)16-7-3-8-17(22-16)24-10-4-9-20-24/h3-4,7-11,15H,2,5-6H2,1H3,(H,23,25)/t15-/m1/s1. The largest absolute Gasteiger partial charge is 0.344 e. The zero-order valence-electron chi connectivity index (χ0n) is 13.9. The molecule has 0 unspecified atom stereocenters. The third-order valence-electron chi connectivity index (χ3n) is 4.31. The molecular weight excluding hydrogens is 316 g/mol. The first-order valence-corrected chi connectivity index (χ1v) is 8.31. The van der Waals surface area contributed by atoms with E-state index in [0.717, 1.165) is 36.3 Å². The summed E-state index contributed by atoms with van der Waals surface area (Å²) in [5.41, 5.74) is 2.41. The van der Waals surface area contributed by atoms with Crippen LogP contribution in [0.2, 0.25) is 0 Å². The second-order valence-corrected chi connectivity index (χ2v) is 6.07. The van der Waals surface area contributed by atoms with E-state index in [0.29, 0.717) is 11.5 Å². The SMILES string of the molecule is Cc1ncc2c(n1)CCC[C@H]2NC(=O)c1cccc(-n2cccn2)n1. The molecule has 0 saturated heterocycles. The quantitative estimate of drug-likeness (QED) is 0.793. The second kappa shape index (κ2) is 6.43. The number of amides is 1. The number of nitrogens with one attached hydrogen (secondary N) is 1. The topological polar surface area (TPSA) is 85.6 Å². The van der Waals surface area contributed by atoms with Gasteiger partial charge in [0.2, 0.25) is 0 Å². The summed E-state index contributed by atoms with van der Waals surface area (Å²) in [6.45, 7) is 1.88. The van der Waals surface area contributed by atoms with Gasteiger partial charge in [-0.25, -0.2) is 19.6 Å². The van der Waals surface area contributed by atoms with Gasteiger partial charge < -0.3 is 5.32 Å². The minimum absolute atomic E-state index is 0.0768. The van der Waals surface area contributed by atoms with E-state index in [1.54, 1.807) is 29.2 Å². The van der Waals surface area contributed by atoms with E-state index < -0.39 is 0 Å². The van der Waals surface area contributed by atoms with Gasteiger partial charge in [-0.3, -0.25) is 4.79 Å². The lowest BCUT2D eigenvalue weighted by Crippen LogP contribution is -2.32. The van der Waals surface area contributed by atoms with Crippen molar-refractivity contribution in [2.75, 3.05) is 0 Å². The van der Waals surface area contributed by atoms with Gasteiger partial charge >= 0.3 is 0 Å². The fourth-order valence-electron chi connectivity index (χ4n) is 3.11. The number of aryl methyl sites for hydroxylation is 2. The maximum atomic E-state index is 12.7. The fourth-order valence-corrected chi connectivity index (χ4v) is 3.11. The Balaban J connectivity index is 1.56. The summed E-state index contributed by atoms with van der Waals surface area (Å²) in [6.07, 6.45) is 8.10. The molecule has 0 radical (unpaired) electrons. The van der Waals surface area contributed by atoms with E-state index in [1.165, 1.54) is 0 Å². The average molecular weight is 334 g/mol. The molecule has 1 amide bonds. The number of fused-ring (bicyclic) bond motifs is 1. The van der Waals surface area contributed by atoms with Crippen molar-refractivity contribution in [1.29, 1.82) is 0 Å². The van der Waals surface area contributed by atoms with Gasteiger partial charge in [0, 0.05) is 29.8 Å². The third-order valence-corrected chi connectivity index (χ3v) is 4.31. The van der Waals surface area contributed by atoms with Crippen LogP contribution >= 0.6 is 0 Å². The number of pyridine rings is 1. The maximum Gasteiger partial charge on any atom is 0.270 e. The molecular formula is C18H18N6O. The van der Waals surface area contributed by atoms with Gasteiger partial charge in [-0.05, 0) is 44.4 Å². The van der Waals surface area contributed by atoms with E-state index >= 15 is 0 Å². The number of rotatable bonds is 3. The molecule has 1 aliphatic carbocycles. The molecule has 4 rings (SSSR count). The van der Waals surface area contributed by atoms with Crippen LogP contribution in [-0.4, -0.2) is 30.6 Å².